The van der Waals surface area contributed by atoms with Crippen LogP contribution in [0.5, 0.6) is 0 Å². The molecule has 0 amide bonds. The van der Waals surface area contributed by atoms with Gasteiger partial charge >= 0.3 is 29.6 Å². The van der Waals surface area contributed by atoms with Gasteiger partial charge in [-0.15, -0.1) is 0 Å². The van der Waals surface area contributed by atoms with E-state index in [2.05, 4.69) is 19.9 Å². The van der Waals surface area contributed by atoms with Gasteiger partial charge in [-0.2, -0.15) is 0 Å². The Morgan fingerprint density at radius 2 is 1.33 bits per heavy atom. The fourth-order valence-electron chi connectivity index (χ4n) is 3.63. The summed E-state index contributed by atoms with van der Waals surface area (Å²) >= 11 is 0. The van der Waals surface area contributed by atoms with Gasteiger partial charge in [-0.1, -0.05) is 82.7 Å². The van der Waals surface area contributed by atoms with E-state index >= 15 is 0 Å². The number of benzene rings is 2. The van der Waals surface area contributed by atoms with Crippen molar-refractivity contribution >= 4 is 20.9 Å². The third-order valence-electron chi connectivity index (χ3n) is 5.03. The van der Waals surface area contributed by atoms with Gasteiger partial charge in [0, 0.05) is 0 Å². The third kappa shape index (κ3) is 7.17. The quantitative estimate of drug-likeness (QED) is 0.332. The molecule has 0 spiro atoms. The zero-order valence-corrected chi connectivity index (χ0v) is 19.9. The summed E-state index contributed by atoms with van der Waals surface area (Å²) in [5.41, 5.74) is 1.81. The molecule has 3 nitrogen and oxygen atoms in total. The number of fused-ring (bicyclic) bond motifs is 1. The maximum atomic E-state index is 12.0. The summed E-state index contributed by atoms with van der Waals surface area (Å²) in [5.74, 6) is 0. The molecule has 144 valence electrons. The second-order valence-electron chi connectivity index (χ2n) is 7.14. The summed E-state index contributed by atoms with van der Waals surface area (Å²) in [5, 5.41) is 1.51. The first kappa shape index (κ1) is 24.6. The molecule has 0 aliphatic carbocycles. The van der Waals surface area contributed by atoms with Crippen molar-refractivity contribution in [3.05, 3.63) is 41.5 Å². The van der Waals surface area contributed by atoms with Gasteiger partial charge in [0.15, 0.2) is 0 Å². The predicted molar refractivity (Wildman–Crippen MR) is 108 cm³/mol. The van der Waals surface area contributed by atoms with E-state index < -0.39 is 10.1 Å². The van der Waals surface area contributed by atoms with Crippen LogP contribution >= 0.6 is 0 Å². The molecule has 0 unspecified atom stereocenters. The molecule has 0 saturated carbocycles. The van der Waals surface area contributed by atoms with Crippen molar-refractivity contribution in [1.82, 2.24) is 0 Å². The Hall–Kier alpha value is -0.390. The van der Waals surface area contributed by atoms with Gasteiger partial charge in [0.2, 0.25) is 0 Å². The Balaban J connectivity index is 0.00000364. The van der Waals surface area contributed by atoms with Crippen molar-refractivity contribution in [3.63, 3.8) is 0 Å². The third-order valence-corrected chi connectivity index (χ3v) is 6.02. The van der Waals surface area contributed by atoms with Crippen molar-refractivity contribution in [2.24, 2.45) is 0 Å². The monoisotopic (exact) mass is 398 g/mol. The molecule has 0 aromatic heterocycles. The van der Waals surface area contributed by atoms with Crippen LogP contribution in [0.25, 0.3) is 10.8 Å². The summed E-state index contributed by atoms with van der Waals surface area (Å²) in [6, 6.07) is 9.58. The van der Waals surface area contributed by atoms with E-state index in [1.54, 1.807) is 6.07 Å². The fraction of sp³-hybridized carbons (Fsp3) is 0.545. The zero-order valence-electron chi connectivity index (χ0n) is 17.1. The molecule has 2 rings (SSSR count). The first-order chi connectivity index (χ1) is 12.5. The largest absolute Gasteiger partial charge is 1.00 e. The van der Waals surface area contributed by atoms with Gasteiger partial charge in [-0.25, -0.2) is 8.42 Å². The first-order valence-corrected chi connectivity index (χ1v) is 11.4. The molecule has 0 fully saturated rings. The average molecular weight is 399 g/mol. The molecule has 2 aromatic carbocycles. The molecular formula is C22H31NaO3S. The molecule has 0 heterocycles. The molecule has 0 aliphatic heterocycles. The number of unbranched alkanes of at least 4 members (excludes halogenated alkanes) is 6. The SMILES string of the molecule is CCCCCCc1ccc2c(CCCCCC)cccc2c1S(=O)(=O)[O-].[Na+]. The van der Waals surface area contributed by atoms with Crippen molar-refractivity contribution in [3.8, 4) is 0 Å². The van der Waals surface area contributed by atoms with Crippen molar-refractivity contribution in [2.75, 3.05) is 0 Å². The standard InChI is InChI=1S/C22H32O3S.Na/c1-3-5-7-9-12-18-14-11-15-21-20(18)17-16-19(13-10-8-6-4-2)22(21)26(23,24)25;/h11,14-17H,3-10,12-13H2,1-2H3,(H,23,24,25);/q;+1/p-1. The summed E-state index contributed by atoms with van der Waals surface area (Å²) in [4.78, 5) is 0.00177. The second-order valence-corrected chi connectivity index (χ2v) is 8.46. The van der Waals surface area contributed by atoms with Gasteiger partial charge in [-0.05, 0) is 47.6 Å². The minimum absolute atomic E-state index is 0. The fourth-order valence-corrected chi connectivity index (χ4v) is 4.57. The van der Waals surface area contributed by atoms with Gasteiger partial charge in [0.1, 0.15) is 10.1 Å². The molecule has 2 aromatic rings. The predicted octanol–water partition coefficient (Wildman–Crippen LogP) is 2.99. The molecule has 5 heteroatoms. The van der Waals surface area contributed by atoms with Crippen LogP contribution in [0.3, 0.4) is 0 Å². The summed E-state index contributed by atoms with van der Waals surface area (Å²) in [6.07, 6.45) is 10.5. The molecule has 0 bridgehead atoms. The summed E-state index contributed by atoms with van der Waals surface area (Å²) in [6.45, 7) is 4.33. The van der Waals surface area contributed by atoms with E-state index in [0.717, 1.165) is 49.5 Å². The van der Waals surface area contributed by atoms with Crippen LogP contribution in [-0.4, -0.2) is 13.0 Å². The van der Waals surface area contributed by atoms with Crippen LogP contribution in [-0.2, 0) is 23.0 Å². The summed E-state index contributed by atoms with van der Waals surface area (Å²) < 4.78 is 36.0. The Labute approximate surface area is 187 Å². The molecular weight excluding hydrogens is 367 g/mol. The number of rotatable bonds is 11. The van der Waals surface area contributed by atoms with E-state index in [4.69, 9.17) is 0 Å². The molecule has 0 N–H and O–H groups in total. The molecule has 0 saturated heterocycles. The minimum atomic E-state index is -4.50. The Kier molecular flexibility index (Phi) is 11.2. The van der Waals surface area contributed by atoms with E-state index in [9.17, 15) is 13.0 Å². The van der Waals surface area contributed by atoms with E-state index in [0.29, 0.717) is 17.4 Å². The summed E-state index contributed by atoms with van der Waals surface area (Å²) in [7, 11) is -4.50. The van der Waals surface area contributed by atoms with Gasteiger partial charge in [0.05, 0.1) is 4.90 Å². The van der Waals surface area contributed by atoms with Crippen LogP contribution < -0.4 is 29.6 Å². The van der Waals surface area contributed by atoms with Crippen molar-refractivity contribution < 1.29 is 42.5 Å². The maximum absolute atomic E-state index is 12.0. The van der Waals surface area contributed by atoms with E-state index in [-0.39, 0.29) is 34.5 Å². The maximum Gasteiger partial charge on any atom is 1.00 e. The molecule has 0 aliphatic rings. The molecule has 0 radical (unpaired) electrons. The van der Waals surface area contributed by atoms with Gasteiger partial charge < -0.3 is 4.55 Å². The Morgan fingerprint density at radius 1 is 0.741 bits per heavy atom. The van der Waals surface area contributed by atoms with Crippen molar-refractivity contribution in [2.45, 2.75) is 83.0 Å². The smallest absolute Gasteiger partial charge is 0.744 e. The van der Waals surface area contributed by atoms with Crippen LogP contribution in [0.15, 0.2) is 35.2 Å². The Bertz CT molecular complexity index is 816. The average Bonchev–Trinajstić information content (AvgIpc) is 2.61. The topological polar surface area (TPSA) is 57.2 Å². The zero-order chi connectivity index (χ0) is 19.0. The molecule has 27 heavy (non-hydrogen) atoms. The van der Waals surface area contributed by atoms with Crippen LogP contribution in [0, 0.1) is 0 Å². The van der Waals surface area contributed by atoms with E-state index in [1.165, 1.54) is 19.3 Å². The van der Waals surface area contributed by atoms with E-state index in [1.807, 2.05) is 18.2 Å². The minimum Gasteiger partial charge on any atom is -0.744 e. The van der Waals surface area contributed by atoms with Gasteiger partial charge in [0.25, 0.3) is 0 Å². The number of hydrogen-bond acceptors (Lipinski definition) is 3. The van der Waals surface area contributed by atoms with Gasteiger partial charge in [-0.3, -0.25) is 0 Å². The van der Waals surface area contributed by atoms with Crippen LogP contribution in [0.4, 0.5) is 0 Å². The number of aryl methyl sites for hydroxylation is 2. The van der Waals surface area contributed by atoms with Crippen LogP contribution in [0.1, 0.15) is 76.3 Å². The number of hydrogen-bond donors (Lipinski definition) is 0. The first-order valence-electron chi connectivity index (χ1n) is 9.98. The Morgan fingerprint density at radius 3 is 1.89 bits per heavy atom. The normalized spacial score (nSPS) is 11.5. The van der Waals surface area contributed by atoms with Crippen LogP contribution in [0.2, 0.25) is 0 Å². The second kappa shape index (κ2) is 12.2. The molecule has 0 atom stereocenters. The van der Waals surface area contributed by atoms with Crippen molar-refractivity contribution in [1.29, 1.82) is 0 Å².